The molecular weight excluding hydrogens is 255 g/mol. The van der Waals surface area contributed by atoms with Crippen molar-refractivity contribution in [1.29, 1.82) is 5.26 Å². The molecule has 2 aliphatic rings. The van der Waals surface area contributed by atoms with Crippen molar-refractivity contribution < 1.29 is 9.18 Å². The van der Waals surface area contributed by atoms with Crippen molar-refractivity contribution in [2.75, 3.05) is 13.1 Å². The quantitative estimate of drug-likeness (QED) is 0.830. The van der Waals surface area contributed by atoms with E-state index in [-0.39, 0.29) is 17.6 Å². The van der Waals surface area contributed by atoms with Gasteiger partial charge in [0, 0.05) is 13.1 Å². The molecule has 4 heteroatoms. The molecule has 1 atom stereocenters. The van der Waals surface area contributed by atoms with Gasteiger partial charge < -0.3 is 4.90 Å². The van der Waals surface area contributed by atoms with Gasteiger partial charge in [0.15, 0.2) is 0 Å². The van der Waals surface area contributed by atoms with Gasteiger partial charge in [-0.15, -0.1) is 0 Å². The van der Waals surface area contributed by atoms with E-state index in [0.29, 0.717) is 6.54 Å². The van der Waals surface area contributed by atoms with E-state index in [2.05, 4.69) is 6.07 Å². The molecule has 3 rings (SSSR count). The van der Waals surface area contributed by atoms with Crippen molar-refractivity contribution in [3.8, 4) is 6.07 Å². The molecule has 0 N–H and O–H groups in total. The number of likely N-dealkylation sites (tertiary alicyclic amines) is 1. The number of hydrogen-bond acceptors (Lipinski definition) is 2. The molecule has 1 saturated heterocycles. The van der Waals surface area contributed by atoms with Crippen molar-refractivity contribution in [3.63, 3.8) is 0 Å². The highest BCUT2D eigenvalue weighted by molar-refractivity contribution is 5.91. The third-order valence-corrected chi connectivity index (χ3v) is 4.45. The van der Waals surface area contributed by atoms with Crippen molar-refractivity contribution in [3.05, 3.63) is 35.6 Å². The summed E-state index contributed by atoms with van der Waals surface area (Å²) < 4.78 is 13.0. The summed E-state index contributed by atoms with van der Waals surface area (Å²) in [4.78, 5) is 14.6. The van der Waals surface area contributed by atoms with E-state index in [1.807, 2.05) is 4.90 Å². The van der Waals surface area contributed by atoms with Crippen LogP contribution in [0.5, 0.6) is 0 Å². The molecule has 0 bridgehead atoms. The Hall–Kier alpha value is -1.89. The maximum Gasteiger partial charge on any atom is 0.233 e. The Labute approximate surface area is 118 Å². The van der Waals surface area contributed by atoms with Gasteiger partial charge >= 0.3 is 0 Å². The fraction of sp³-hybridized carbons (Fsp3) is 0.500. The van der Waals surface area contributed by atoms with Crippen LogP contribution >= 0.6 is 0 Å². The summed E-state index contributed by atoms with van der Waals surface area (Å²) in [5.74, 6) is -0.208. The van der Waals surface area contributed by atoms with Crippen molar-refractivity contribution in [1.82, 2.24) is 4.90 Å². The number of nitriles is 1. The Kier molecular flexibility index (Phi) is 3.21. The van der Waals surface area contributed by atoms with Crippen LogP contribution in [0.4, 0.5) is 4.39 Å². The van der Waals surface area contributed by atoms with Crippen LogP contribution < -0.4 is 0 Å². The maximum absolute atomic E-state index is 13.0. The average molecular weight is 272 g/mol. The van der Waals surface area contributed by atoms with E-state index in [1.54, 1.807) is 12.1 Å². The zero-order valence-corrected chi connectivity index (χ0v) is 11.3. The normalized spacial score (nSPS) is 24.0. The van der Waals surface area contributed by atoms with Gasteiger partial charge in [0.1, 0.15) is 5.82 Å². The predicted octanol–water partition coefficient (Wildman–Crippen LogP) is 2.62. The Morgan fingerprint density at radius 3 is 2.65 bits per heavy atom. The van der Waals surface area contributed by atoms with Crippen LogP contribution in [0.25, 0.3) is 0 Å². The first-order valence-corrected chi connectivity index (χ1v) is 7.11. The highest BCUT2D eigenvalue weighted by Gasteiger charge is 2.53. The number of amides is 1. The van der Waals surface area contributed by atoms with Crippen LogP contribution in [0.3, 0.4) is 0 Å². The molecule has 1 aromatic carbocycles. The highest BCUT2D eigenvalue weighted by Crippen LogP contribution is 2.50. The number of piperidine rings is 1. The smallest absolute Gasteiger partial charge is 0.233 e. The number of rotatable bonds is 2. The molecule has 20 heavy (non-hydrogen) atoms. The molecule has 1 saturated carbocycles. The van der Waals surface area contributed by atoms with Crippen LogP contribution in [0, 0.1) is 23.1 Å². The zero-order chi connectivity index (χ0) is 14.2. The van der Waals surface area contributed by atoms with Crippen LogP contribution in [0.1, 0.15) is 31.2 Å². The second-order valence-corrected chi connectivity index (χ2v) is 5.81. The van der Waals surface area contributed by atoms with Crippen molar-refractivity contribution in [2.24, 2.45) is 5.92 Å². The lowest BCUT2D eigenvalue weighted by Crippen LogP contribution is -2.44. The van der Waals surface area contributed by atoms with Gasteiger partial charge in [-0.3, -0.25) is 4.79 Å². The number of carbonyl (C=O) groups excluding carboxylic acids is 1. The van der Waals surface area contributed by atoms with Crippen LogP contribution in [0.2, 0.25) is 0 Å². The molecule has 1 aliphatic heterocycles. The van der Waals surface area contributed by atoms with Gasteiger partial charge in [-0.1, -0.05) is 12.1 Å². The van der Waals surface area contributed by atoms with E-state index in [4.69, 9.17) is 5.26 Å². The third-order valence-electron chi connectivity index (χ3n) is 4.45. The third kappa shape index (κ3) is 2.18. The van der Waals surface area contributed by atoms with Gasteiger partial charge in [-0.2, -0.15) is 5.26 Å². The lowest BCUT2D eigenvalue weighted by atomic mass is 9.92. The minimum absolute atomic E-state index is 0.0447. The Morgan fingerprint density at radius 2 is 2.05 bits per heavy atom. The molecule has 0 aromatic heterocycles. The molecule has 0 radical (unpaired) electrons. The first-order valence-electron chi connectivity index (χ1n) is 7.11. The summed E-state index contributed by atoms with van der Waals surface area (Å²) in [5.41, 5.74) is 0.452. The first-order chi connectivity index (χ1) is 9.65. The van der Waals surface area contributed by atoms with E-state index in [1.165, 1.54) is 12.1 Å². The molecule has 3 nitrogen and oxygen atoms in total. The van der Waals surface area contributed by atoms with Gasteiger partial charge in [-0.05, 0) is 43.4 Å². The summed E-state index contributed by atoms with van der Waals surface area (Å²) in [7, 11) is 0. The molecular formula is C16H17FN2O. The van der Waals surface area contributed by atoms with E-state index >= 15 is 0 Å². The fourth-order valence-electron chi connectivity index (χ4n) is 3.09. The Morgan fingerprint density at radius 1 is 1.35 bits per heavy atom. The van der Waals surface area contributed by atoms with Gasteiger partial charge in [0.05, 0.1) is 17.4 Å². The lowest BCUT2D eigenvalue weighted by Gasteiger charge is -2.33. The average Bonchev–Trinajstić information content (AvgIpc) is 3.29. The second-order valence-electron chi connectivity index (χ2n) is 5.81. The summed E-state index contributed by atoms with van der Waals surface area (Å²) in [6.45, 7) is 1.28. The molecule has 1 aromatic rings. The molecule has 1 aliphatic carbocycles. The minimum Gasteiger partial charge on any atom is -0.341 e. The van der Waals surface area contributed by atoms with E-state index < -0.39 is 5.41 Å². The minimum atomic E-state index is -0.453. The molecule has 104 valence electrons. The summed E-state index contributed by atoms with van der Waals surface area (Å²) in [6.07, 6.45) is 3.42. The maximum atomic E-state index is 13.0. The first kappa shape index (κ1) is 13.1. The number of halogens is 1. The van der Waals surface area contributed by atoms with Gasteiger partial charge in [-0.25, -0.2) is 4.39 Å². The molecule has 0 unspecified atom stereocenters. The predicted molar refractivity (Wildman–Crippen MR) is 72.2 cm³/mol. The fourth-order valence-corrected chi connectivity index (χ4v) is 3.09. The zero-order valence-electron chi connectivity index (χ0n) is 11.3. The van der Waals surface area contributed by atoms with Gasteiger partial charge in [0.25, 0.3) is 0 Å². The van der Waals surface area contributed by atoms with Gasteiger partial charge in [0.2, 0.25) is 5.91 Å². The standard InChI is InChI=1S/C16H17FN2O/c17-14-5-3-13(4-6-14)16(7-8-16)15(20)19-9-1-2-12(10-18)11-19/h3-6,12H,1-2,7-9,11H2/t12-/m1/s1. The second kappa shape index (κ2) is 4.90. The van der Waals surface area contributed by atoms with E-state index in [9.17, 15) is 9.18 Å². The Balaban J connectivity index is 1.80. The molecule has 1 heterocycles. The van der Waals surface area contributed by atoms with Crippen molar-refractivity contribution >= 4 is 5.91 Å². The summed E-state index contributed by atoms with van der Waals surface area (Å²) in [6, 6.07) is 8.52. The lowest BCUT2D eigenvalue weighted by molar-refractivity contribution is -0.135. The van der Waals surface area contributed by atoms with Crippen molar-refractivity contribution in [2.45, 2.75) is 31.1 Å². The van der Waals surface area contributed by atoms with Crippen LogP contribution in [0.15, 0.2) is 24.3 Å². The number of hydrogen-bond donors (Lipinski definition) is 0. The number of nitrogens with zero attached hydrogens (tertiary/aromatic N) is 2. The molecule has 2 fully saturated rings. The number of benzene rings is 1. The molecule has 0 spiro atoms. The SMILES string of the molecule is N#C[C@H]1CCCN(C(=O)C2(c3ccc(F)cc3)CC2)C1. The Bertz CT molecular complexity index is 557. The summed E-state index contributed by atoms with van der Waals surface area (Å²) in [5, 5.41) is 9.03. The highest BCUT2D eigenvalue weighted by atomic mass is 19.1. The molecule has 1 amide bonds. The topological polar surface area (TPSA) is 44.1 Å². The van der Waals surface area contributed by atoms with Crippen LogP contribution in [-0.4, -0.2) is 23.9 Å². The largest absolute Gasteiger partial charge is 0.341 e. The number of carbonyl (C=O) groups is 1. The van der Waals surface area contributed by atoms with Crippen LogP contribution in [-0.2, 0) is 10.2 Å². The monoisotopic (exact) mass is 272 g/mol. The van der Waals surface area contributed by atoms with E-state index in [0.717, 1.165) is 37.8 Å². The summed E-state index contributed by atoms with van der Waals surface area (Å²) >= 11 is 0.